The molecular formula is C26H56N2O4. The largest absolute Gasteiger partial charge is 0.375 e. The summed E-state index contributed by atoms with van der Waals surface area (Å²) in [7, 11) is 0. The Morgan fingerprint density at radius 2 is 0.562 bits per heavy atom. The molecule has 0 N–H and O–H groups in total. The normalized spacial score (nSPS) is 16.7. The lowest BCUT2D eigenvalue weighted by Gasteiger charge is -2.34. The van der Waals surface area contributed by atoms with Crippen LogP contribution in [0.5, 0.6) is 0 Å². The van der Waals surface area contributed by atoms with Crippen LogP contribution in [0, 0.1) is 0 Å². The van der Waals surface area contributed by atoms with E-state index in [2.05, 4.69) is 92.9 Å². The van der Waals surface area contributed by atoms with Gasteiger partial charge >= 0.3 is 0 Å². The van der Waals surface area contributed by atoms with E-state index in [-0.39, 0.29) is 48.8 Å². The van der Waals surface area contributed by atoms with Gasteiger partial charge in [0.15, 0.2) is 0 Å². The van der Waals surface area contributed by atoms with Gasteiger partial charge in [-0.05, 0) is 83.1 Å². The fourth-order valence-corrected chi connectivity index (χ4v) is 4.28. The molecule has 0 saturated carbocycles. The number of rotatable bonds is 19. The zero-order valence-corrected chi connectivity index (χ0v) is 23.4. The molecule has 4 unspecified atom stereocenters. The van der Waals surface area contributed by atoms with Crippen molar-refractivity contribution in [1.82, 2.24) is 9.80 Å². The first-order valence-electron chi connectivity index (χ1n) is 12.8. The summed E-state index contributed by atoms with van der Waals surface area (Å²) in [6.45, 7) is 30.9. The quantitative estimate of drug-likeness (QED) is 0.275. The molecule has 32 heavy (non-hydrogen) atoms. The summed E-state index contributed by atoms with van der Waals surface area (Å²) >= 11 is 0. The zero-order chi connectivity index (χ0) is 24.8. The molecular weight excluding hydrogens is 404 g/mol. The summed E-state index contributed by atoms with van der Waals surface area (Å²) in [5, 5.41) is 0. The van der Waals surface area contributed by atoms with Gasteiger partial charge in [0.1, 0.15) is 0 Å². The van der Waals surface area contributed by atoms with Crippen LogP contribution in [0.2, 0.25) is 0 Å². The van der Waals surface area contributed by atoms with Crippen molar-refractivity contribution in [3.63, 3.8) is 0 Å². The van der Waals surface area contributed by atoms with Crippen molar-refractivity contribution in [2.24, 2.45) is 0 Å². The van der Waals surface area contributed by atoms with Gasteiger partial charge in [0.2, 0.25) is 0 Å². The number of hydrogen-bond acceptors (Lipinski definition) is 6. The Hall–Kier alpha value is -0.240. The highest BCUT2D eigenvalue weighted by atomic mass is 16.5. The molecule has 0 fully saturated rings. The maximum Gasteiger partial charge on any atom is 0.0677 e. The minimum Gasteiger partial charge on any atom is -0.375 e. The molecule has 0 aliphatic carbocycles. The molecule has 0 radical (unpaired) electrons. The van der Waals surface area contributed by atoms with Crippen LogP contribution >= 0.6 is 0 Å². The first-order chi connectivity index (χ1) is 14.8. The second kappa shape index (κ2) is 17.2. The minimum atomic E-state index is 0.182. The lowest BCUT2D eigenvalue weighted by atomic mass is 10.2. The average Bonchev–Trinajstić information content (AvgIpc) is 2.56. The van der Waals surface area contributed by atoms with Crippen LogP contribution in [-0.4, -0.2) is 97.9 Å². The Labute approximate surface area is 200 Å². The Balaban J connectivity index is 5.14. The second-order valence-electron chi connectivity index (χ2n) is 10.5. The van der Waals surface area contributed by atoms with Gasteiger partial charge in [-0.2, -0.15) is 0 Å². The van der Waals surface area contributed by atoms with Crippen LogP contribution in [0.4, 0.5) is 0 Å². The fourth-order valence-electron chi connectivity index (χ4n) is 4.28. The van der Waals surface area contributed by atoms with Crippen LogP contribution in [0.1, 0.15) is 83.1 Å². The van der Waals surface area contributed by atoms with Crippen molar-refractivity contribution in [2.45, 2.75) is 132 Å². The van der Waals surface area contributed by atoms with Gasteiger partial charge in [-0.3, -0.25) is 9.80 Å². The molecule has 0 bridgehead atoms. The monoisotopic (exact) mass is 460 g/mol. The lowest BCUT2D eigenvalue weighted by Crippen LogP contribution is -2.46. The third-order valence-electron chi connectivity index (χ3n) is 4.81. The van der Waals surface area contributed by atoms with Crippen molar-refractivity contribution in [3.8, 4) is 0 Å². The van der Waals surface area contributed by atoms with E-state index in [0.29, 0.717) is 0 Å². The molecule has 0 aliphatic rings. The highest BCUT2D eigenvalue weighted by molar-refractivity contribution is 4.73. The van der Waals surface area contributed by atoms with E-state index < -0.39 is 0 Å². The Bertz CT molecular complexity index is 370. The molecule has 0 aromatic carbocycles. The summed E-state index contributed by atoms with van der Waals surface area (Å²) in [5.41, 5.74) is 0. The van der Waals surface area contributed by atoms with Gasteiger partial charge in [0.05, 0.1) is 48.8 Å². The summed E-state index contributed by atoms with van der Waals surface area (Å²) in [5.74, 6) is 0. The Kier molecular flexibility index (Phi) is 17.1. The van der Waals surface area contributed by atoms with Crippen molar-refractivity contribution < 1.29 is 18.9 Å². The van der Waals surface area contributed by atoms with Crippen molar-refractivity contribution in [3.05, 3.63) is 0 Å². The third-order valence-corrected chi connectivity index (χ3v) is 4.81. The highest BCUT2D eigenvalue weighted by Crippen LogP contribution is 2.09. The number of nitrogens with zero attached hydrogens (tertiary/aromatic N) is 2. The van der Waals surface area contributed by atoms with Crippen molar-refractivity contribution in [2.75, 3.05) is 39.3 Å². The van der Waals surface area contributed by atoms with Gasteiger partial charge in [0, 0.05) is 39.3 Å². The summed E-state index contributed by atoms with van der Waals surface area (Å²) in [4.78, 5) is 4.96. The average molecular weight is 461 g/mol. The summed E-state index contributed by atoms with van der Waals surface area (Å²) in [6.07, 6.45) is 1.65. The summed E-state index contributed by atoms with van der Waals surface area (Å²) in [6, 6.07) is 0. The van der Waals surface area contributed by atoms with Crippen molar-refractivity contribution >= 4 is 0 Å². The molecule has 0 saturated heterocycles. The van der Waals surface area contributed by atoms with E-state index in [1.807, 2.05) is 0 Å². The van der Waals surface area contributed by atoms with E-state index in [1.165, 1.54) is 0 Å². The molecule has 0 aromatic rings. The van der Waals surface area contributed by atoms with E-state index in [9.17, 15) is 0 Å². The van der Waals surface area contributed by atoms with Crippen molar-refractivity contribution in [1.29, 1.82) is 0 Å². The summed E-state index contributed by atoms with van der Waals surface area (Å²) < 4.78 is 24.1. The van der Waals surface area contributed by atoms with E-state index in [0.717, 1.165) is 39.3 Å². The van der Waals surface area contributed by atoms with Crippen LogP contribution < -0.4 is 0 Å². The van der Waals surface area contributed by atoms with Gasteiger partial charge in [-0.15, -0.1) is 0 Å². The Morgan fingerprint density at radius 3 is 0.719 bits per heavy atom. The SMILES string of the molecule is CC(C)OC(C)CN(CCN(CC(C)OC(C)C)CC(C)OC(C)C)CC(C)OC(C)C. The third kappa shape index (κ3) is 18.2. The predicted octanol–water partition coefficient (Wildman–Crippen LogP) is 4.84. The van der Waals surface area contributed by atoms with E-state index in [4.69, 9.17) is 18.9 Å². The maximum atomic E-state index is 6.03. The molecule has 194 valence electrons. The van der Waals surface area contributed by atoms with Gasteiger partial charge in [-0.1, -0.05) is 0 Å². The first kappa shape index (κ1) is 31.8. The predicted molar refractivity (Wildman–Crippen MR) is 136 cm³/mol. The minimum absolute atomic E-state index is 0.182. The Morgan fingerprint density at radius 1 is 0.375 bits per heavy atom. The standard InChI is InChI=1S/C26H56N2O4/c1-19(2)29-23(9)15-27(16-24(10)30-20(3)4)13-14-28(17-25(11)31-21(5)6)18-26(12)32-22(7)8/h19-26H,13-18H2,1-12H3. The molecule has 4 atom stereocenters. The van der Waals surface area contributed by atoms with E-state index >= 15 is 0 Å². The molecule has 0 amide bonds. The second-order valence-corrected chi connectivity index (χ2v) is 10.5. The van der Waals surface area contributed by atoms with Crippen LogP contribution in [0.15, 0.2) is 0 Å². The van der Waals surface area contributed by atoms with Crippen LogP contribution in [0.3, 0.4) is 0 Å². The molecule has 0 rings (SSSR count). The van der Waals surface area contributed by atoms with E-state index in [1.54, 1.807) is 0 Å². The molecule has 0 spiro atoms. The topological polar surface area (TPSA) is 43.4 Å². The molecule has 0 heterocycles. The number of ether oxygens (including phenoxy) is 4. The van der Waals surface area contributed by atoms with Crippen LogP contribution in [-0.2, 0) is 18.9 Å². The van der Waals surface area contributed by atoms with Gasteiger partial charge in [-0.25, -0.2) is 0 Å². The smallest absolute Gasteiger partial charge is 0.0677 e. The molecule has 0 aliphatic heterocycles. The highest BCUT2D eigenvalue weighted by Gasteiger charge is 2.20. The molecule has 6 nitrogen and oxygen atoms in total. The number of hydrogen-bond donors (Lipinski definition) is 0. The first-order valence-corrected chi connectivity index (χ1v) is 12.8. The zero-order valence-electron chi connectivity index (χ0n) is 23.4. The molecule has 6 heteroatoms. The van der Waals surface area contributed by atoms with Crippen LogP contribution in [0.25, 0.3) is 0 Å². The fraction of sp³-hybridized carbons (Fsp3) is 1.00. The maximum absolute atomic E-state index is 6.03. The lowest BCUT2D eigenvalue weighted by molar-refractivity contribution is -0.0413. The van der Waals surface area contributed by atoms with Gasteiger partial charge < -0.3 is 18.9 Å². The molecule has 0 aromatic heterocycles. The van der Waals surface area contributed by atoms with Gasteiger partial charge in [0.25, 0.3) is 0 Å².